The van der Waals surface area contributed by atoms with E-state index in [0.717, 1.165) is 0 Å². The molecule has 0 spiro atoms. The maximum Gasteiger partial charge on any atom is 0.256 e. The minimum atomic E-state index is -0.725. The van der Waals surface area contributed by atoms with Gasteiger partial charge in [0.05, 0.1) is 22.2 Å². The summed E-state index contributed by atoms with van der Waals surface area (Å²) in [5.41, 5.74) is 5.36. The van der Waals surface area contributed by atoms with Gasteiger partial charge in [-0.1, -0.05) is 29.9 Å². The standard InChI is InChI=1S/C13H16ClFN2O2S/c1-19-8-7-17(6-5-11(16)20)13(18)9-3-2-4-10(14)12(9)15/h2-4H,5-8H2,1H3,(H2,16,20). The van der Waals surface area contributed by atoms with Gasteiger partial charge in [0.2, 0.25) is 0 Å². The van der Waals surface area contributed by atoms with Gasteiger partial charge in [-0.25, -0.2) is 4.39 Å². The first-order valence-electron chi connectivity index (χ1n) is 5.98. The molecule has 1 amide bonds. The van der Waals surface area contributed by atoms with E-state index in [4.69, 9.17) is 34.3 Å². The predicted octanol–water partition coefficient (Wildman–Crippen LogP) is 2.24. The van der Waals surface area contributed by atoms with Crippen LogP contribution in [0.2, 0.25) is 5.02 Å². The fourth-order valence-corrected chi connectivity index (χ4v) is 1.87. The zero-order valence-corrected chi connectivity index (χ0v) is 12.6. The average molecular weight is 319 g/mol. The monoisotopic (exact) mass is 318 g/mol. The molecule has 0 fully saturated rings. The molecular weight excluding hydrogens is 303 g/mol. The molecule has 0 saturated heterocycles. The molecule has 7 heteroatoms. The van der Waals surface area contributed by atoms with Gasteiger partial charge < -0.3 is 15.4 Å². The third-order valence-electron chi connectivity index (χ3n) is 2.66. The Labute approximate surface area is 127 Å². The fraction of sp³-hybridized carbons (Fsp3) is 0.385. The van der Waals surface area contributed by atoms with Gasteiger partial charge in [-0.15, -0.1) is 0 Å². The Morgan fingerprint density at radius 3 is 2.80 bits per heavy atom. The number of ether oxygens (including phenoxy) is 1. The lowest BCUT2D eigenvalue weighted by Gasteiger charge is -2.22. The summed E-state index contributed by atoms with van der Waals surface area (Å²) < 4.78 is 18.8. The molecule has 1 aromatic rings. The molecule has 4 nitrogen and oxygen atoms in total. The molecule has 1 aromatic carbocycles. The SMILES string of the molecule is COCCN(CCC(N)=S)C(=O)c1cccc(Cl)c1F. The first-order valence-corrected chi connectivity index (χ1v) is 6.76. The highest BCUT2D eigenvalue weighted by atomic mass is 35.5. The van der Waals surface area contributed by atoms with Crippen LogP contribution in [-0.2, 0) is 4.74 Å². The number of rotatable bonds is 7. The van der Waals surface area contributed by atoms with Crippen molar-refractivity contribution in [3.8, 4) is 0 Å². The highest BCUT2D eigenvalue weighted by Crippen LogP contribution is 2.19. The van der Waals surface area contributed by atoms with Crippen molar-refractivity contribution in [1.82, 2.24) is 4.90 Å². The van der Waals surface area contributed by atoms with Crippen LogP contribution in [0.4, 0.5) is 4.39 Å². The summed E-state index contributed by atoms with van der Waals surface area (Å²) in [5, 5.41) is -0.0862. The lowest BCUT2D eigenvalue weighted by Crippen LogP contribution is -2.36. The molecule has 2 N–H and O–H groups in total. The minimum absolute atomic E-state index is 0.0726. The van der Waals surface area contributed by atoms with Crippen LogP contribution in [0, 0.1) is 5.82 Å². The summed E-state index contributed by atoms with van der Waals surface area (Å²) in [5.74, 6) is -1.18. The zero-order chi connectivity index (χ0) is 15.1. The zero-order valence-electron chi connectivity index (χ0n) is 11.1. The molecule has 0 atom stereocenters. The van der Waals surface area contributed by atoms with E-state index in [-0.39, 0.29) is 10.6 Å². The Bertz CT molecular complexity index is 499. The molecule has 0 saturated carbocycles. The Kier molecular flexibility index (Phi) is 6.84. The van der Waals surface area contributed by atoms with Crippen molar-refractivity contribution in [2.24, 2.45) is 5.73 Å². The summed E-state index contributed by atoms with van der Waals surface area (Å²) in [6.45, 7) is 0.971. The average Bonchev–Trinajstić information content (AvgIpc) is 2.41. The number of nitrogens with zero attached hydrogens (tertiary/aromatic N) is 1. The van der Waals surface area contributed by atoms with Gasteiger partial charge in [-0.3, -0.25) is 4.79 Å². The molecule has 1 rings (SSSR count). The van der Waals surface area contributed by atoms with E-state index < -0.39 is 11.7 Å². The first-order chi connectivity index (χ1) is 9.47. The van der Waals surface area contributed by atoms with Crippen LogP contribution >= 0.6 is 23.8 Å². The molecule has 0 aliphatic carbocycles. The van der Waals surface area contributed by atoms with Crippen molar-refractivity contribution in [3.05, 3.63) is 34.6 Å². The topological polar surface area (TPSA) is 55.6 Å². The van der Waals surface area contributed by atoms with Crippen molar-refractivity contribution >= 4 is 34.7 Å². The maximum atomic E-state index is 13.9. The van der Waals surface area contributed by atoms with Crippen LogP contribution in [0.3, 0.4) is 0 Å². The van der Waals surface area contributed by atoms with Crippen molar-refractivity contribution in [1.29, 1.82) is 0 Å². The lowest BCUT2D eigenvalue weighted by molar-refractivity contribution is 0.0696. The van der Waals surface area contributed by atoms with Gasteiger partial charge in [0.15, 0.2) is 5.82 Å². The largest absolute Gasteiger partial charge is 0.393 e. The summed E-state index contributed by atoms with van der Waals surface area (Å²) in [7, 11) is 1.52. The molecule has 0 aliphatic heterocycles. The van der Waals surface area contributed by atoms with Gasteiger partial charge in [0.1, 0.15) is 0 Å². The quantitative estimate of drug-likeness (QED) is 0.783. The van der Waals surface area contributed by atoms with Gasteiger partial charge in [-0.05, 0) is 12.1 Å². The first kappa shape index (κ1) is 16.8. The summed E-state index contributed by atoms with van der Waals surface area (Å²) in [4.78, 5) is 14.1. The number of carbonyl (C=O) groups excluding carboxylic acids is 1. The Morgan fingerprint density at radius 1 is 1.50 bits per heavy atom. The molecule has 20 heavy (non-hydrogen) atoms. The Balaban J connectivity index is 2.90. The van der Waals surface area contributed by atoms with Crippen LogP contribution < -0.4 is 5.73 Å². The van der Waals surface area contributed by atoms with E-state index in [0.29, 0.717) is 31.1 Å². The van der Waals surface area contributed by atoms with E-state index in [1.165, 1.54) is 30.2 Å². The number of halogens is 2. The molecule has 110 valence electrons. The summed E-state index contributed by atoms with van der Waals surface area (Å²) in [6, 6.07) is 4.31. The van der Waals surface area contributed by atoms with Crippen molar-refractivity contribution < 1.29 is 13.9 Å². The number of benzene rings is 1. The Morgan fingerprint density at radius 2 is 2.20 bits per heavy atom. The lowest BCUT2D eigenvalue weighted by atomic mass is 10.1. The van der Waals surface area contributed by atoms with Gasteiger partial charge >= 0.3 is 0 Å². The third kappa shape index (κ3) is 4.70. The van der Waals surface area contributed by atoms with E-state index in [2.05, 4.69) is 0 Å². The van der Waals surface area contributed by atoms with E-state index >= 15 is 0 Å². The molecule has 0 radical (unpaired) electrons. The minimum Gasteiger partial charge on any atom is -0.393 e. The molecule has 0 unspecified atom stereocenters. The fourth-order valence-electron chi connectivity index (χ4n) is 1.60. The second kappa shape index (κ2) is 8.14. The van der Waals surface area contributed by atoms with Crippen molar-refractivity contribution in [2.45, 2.75) is 6.42 Å². The number of hydrogen-bond donors (Lipinski definition) is 1. The molecular formula is C13H16ClFN2O2S. The third-order valence-corrected chi connectivity index (χ3v) is 3.16. The molecule has 0 aliphatic rings. The number of methoxy groups -OCH3 is 1. The Hall–Kier alpha value is -1.24. The van der Waals surface area contributed by atoms with E-state index in [1.54, 1.807) is 0 Å². The number of amides is 1. The number of thiocarbonyl (C=S) groups is 1. The smallest absolute Gasteiger partial charge is 0.256 e. The van der Waals surface area contributed by atoms with E-state index in [1.807, 2.05) is 0 Å². The van der Waals surface area contributed by atoms with Gasteiger partial charge in [-0.2, -0.15) is 0 Å². The van der Waals surface area contributed by atoms with Gasteiger partial charge in [0.25, 0.3) is 5.91 Å². The number of nitrogens with two attached hydrogens (primary N) is 1. The summed E-state index contributed by atoms with van der Waals surface area (Å²) in [6.07, 6.45) is 0.368. The van der Waals surface area contributed by atoms with Crippen molar-refractivity contribution in [2.75, 3.05) is 26.8 Å². The second-order valence-electron chi connectivity index (χ2n) is 4.10. The number of hydrogen-bond acceptors (Lipinski definition) is 3. The van der Waals surface area contributed by atoms with Gasteiger partial charge in [0, 0.05) is 26.6 Å². The predicted molar refractivity (Wildman–Crippen MR) is 80.6 cm³/mol. The number of carbonyl (C=O) groups is 1. The molecule has 0 bridgehead atoms. The molecule has 0 heterocycles. The maximum absolute atomic E-state index is 13.9. The van der Waals surface area contributed by atoms with Crippen LogP contribution in [0.5, 0.6) is 0 Å². The van der Waals surface area contributed by atoms with E-state index in [9.17, 15) is 9.18 Å². The second-order valence-corrected chi connectivity index (χ2v) is 5.03. The highest BCUT2D eigenvalue weighted by Gasteiger charge is 2.20. The van der Waals surface area contributed by atoms with Crippen LogP contribution in [0.25, 0.3) is 0 Å². The van der Waals surface area contributed by atoms with Crippen LogP contribution in [0.1, 0.15) is 16.8 Å². The normalized spacial score (nSPS) is 10.3. The van der Waals surface area contributed by atoms with Crippen molar-refractivity contribution in [3.63, 3.8) is 0 Å². The molecule has 0 aromatic heterocycles. The van der Waals surface area contributed by atoms with Crippen LogP contribution in [0.15, 0.2) is 18.2 Å². The summed E-state index contributed by atoms with van der Waals surface area (Å²) >= 11 is 10.5. The van der Waals surface area contributed by atoms with Crippen LogP contribution in [-0.4, -0.2) is 42.6 Å². The highest BCUT2D eigenvalue weighted by molar-refractivity contribution is 7.80.